The van der Waals surface area contributed by atoms with Crippen LogP contribution in [-0.2, 0) is 17.8 Å². The first-order valence-electron chi connectivity index (χ1n) is 8.04. The zero-order valence-electron chi connectivity index (χ0n) is 14.5. The van der Waals surface area contributed by atoms with Crippen molar-refractivity contribution in [2.45, 2.75) is 13.0 Å². The number of oxazole rings is 1. The number of fused-ring (bicyclic) bond motifs is 1. The molecule has 3 aromatic rings. The molecular weight excluding hydrogens is 338 g/mol. The van der Waals surface area contributed by atoms with Crippen molar-refractivity contribution in [1.29, 1.82) is 0 Å². The molecule has 3 rings (SSSR count). The number of hydrogen-bond donors (Lipinski definition) is 1. The van der Waals surface area contributed by atoms with Gasteiger partial charge in [-0.3, -0.25) is 4.79 Å². The molecule has 0 aliphatic rings. The van der Waals surface area contributed by atoms with Crippen LogP contribution in [0.2, 0.25) is 0 Å². The molecule has 136 valence electrons. The van der Waals surface area contributed by atoms with Gasteiger partial charge in [0.25, 0.3) is 0 Å². The standard InChI is InChI=1S/C18H19N3O5/c1-24-13-6-5-12(10-15(13)25-2)7-9-19-16(22)11-21-17-14(26-18(21)23)4-3-8-20-17/h3-6,8,10H,7,9,11H2,1-2H3,(H,19,22). The predicted octanol–water partition coefficient (Wildman–Crippen LogP) is 1.37. The predicted molar refractivity (Wildman–Crippen MR) is 94.5 cm³/mol. The summed E-state index contributed by atoms with van der Waals surface area (Å²) >= 11 is 0. The van der Waals surface area contributed by atoms with E-state index in [1.807, 2.05) is 18.2 Å². The van der Waals surface area contributed by atoms with Crippen LogP contribution in [0.4, 0.5) is 0 Å². The van der Waals surface area contributed by atoms with Crippen LogP contribution in [-0.4, -0.2) is 36.2 Å². The first-order chi connectivity index (χ1) is 12.6. The smallest absolute Gasteiger partial charge is 0.421 e. The maximum atomic E-state index is 12.1. The van der Waals surface area contributed by atoms with E-state index in [1.165, 1.54) is 4.57 Å². The molecule has 0 radical (unpaired) electrons. The van der Waals surface area contributed by atoms with E-state index in [-0.39, 0.29) is 12.5 Å². The van der Waals surface area contributed by atoms with E-state index in [9.17, 15) is 9.59 Å². The van der Waals surface area contributed by atoms with Gasteiger partial charge in [0.2, 0.25) is 5.91 Å². The Morgan fingerprint density at radius 3 is 2.81 bits per heavy atom. The summed E-state index contributed by atoms with van der Waals surface area (Å²) in [6, 6.07) is 8.89. The average molecular weight is 357 g/mol. The van der Waals surface area contributed by atoms with Crippen LogP contribution in [0.25, 0.3) is 11.2 Å². The van der Waals surface area contributed by atoms with Crippen molar-refractivity contribution in [3.05, 3.63) is 52.6 Å². The van der Waals surface area contributed by atoms with Gasteiger partial charge in [0, 0.05) is 12.7 Å². The van der Waals surface area contributed by atoms with Gasteiger partial charge in [-0.2, -0.15) is 0 Å². The van der Waals surface area contributed by atoms with Gasteiger partial charge < -0.3 is 19.2 Å². The molecule has 0 spiro atoms. The van der Waals surface area contributed by atoms with Gasteiger partial charge in [0.15, 0.2) is 22.7 Å². The van der Waals surface area contributed by atoms with Crippen molar-refractivity contribution in [1.82, 2.24) is 14.9 Å². The molecular formula is C18H19N3O5. The Hall–Kier alpha value is -3.29. The molecule has 0 saturated carbocycles. The van der Waals surface area contributed by atoms with Crippen LogP contribution in [0, 0.1) is 0 Å². The lowest BCUT2D eigenvalue weighted by Crippen LogP contribution is -2.32. The third kappa shape index (κ3) is 3.69. The fourth-order valence-corrected chi connectivity index (χ4v) is 2.62. The van der Waals surface area contributed by atoms with Crippen LogP contribution in [0.5, 0.6) is 11.5 Å². The minimum absolute atomic E-state index is 0.144. The number of aromatic nitrogens is 2. The monoisotopic (exact) mass is 357 g/mol. The third-order valence-corrected chi connectivity index (χ3v) is 3.91. The number of carbonyl (C=O) groups is 1. The number of benzene rings is 1. The van der Waals surface area contributed by atoms with Crippen LogP contribution in [0.1, 0.15) is 5.56 Å². The number of nitrogens with zero attached hydrogens (tertiary/aromatic N) is 2. The summed E-state index contributed by atoms with van der Waals surface area (Å²) in [5.41, 5.74) is 1.71. The Morgan fingerprint density at radius 2 is 2.04 bits per heavy atom. The second-order valence-corrected chi connectivity index (χ2v) is 5.57. The lowest BCUT2D eigenvalue weighted by atomic mass is 10.1. The summed E-state index contributed by atoms with van der Waals surface area (Å²) in [4.78, 5) is 28.1. The van der Waals surface area contributed by atoms with Crippen LogP contribution in [0.15, 0.2) is 45.7 Å². The van der Waals surface area contributed by atoms with Crippen LogP contribution < -0.4 is 20.5 Å². The first kappa shape index (κ1) is 17.5. The Kier molecular flexibility index (Phi) is 5.21. The third-order valence-electron chi connectivity index (χ3n) is 3.91. The maximum absolute atomic E-state index is 12.1. The number of rotatable bonds is 7. The molecule has 1 aromatic carbocycles. The van der Waals surface area contributed by atoms with Crippen molar-refractivity contribution in [2.24, 2.45) is 0 Å². The molecule has 0 atom stereocenters. The molecule has 1 amide bonds. The zero-order chi connectivity index (χ0) is 18.5. The van der Waals surface area contributed by atoms with Gasteiger partial charge in [-0.15, -0.1) is 0 Å². The molecule has 26 heavy (non-hydrogen) atoms. The minimum atomic E-state index is -0.603. The highest BCUT2D eigenvalue weighted by atomic mass is 16.5. The summed E-state index contributed by atoms with van der Waals surface area (Å²) < 4.78 is 16.7. The average Bonchev–Trinajstić information content (AvgIpc) is 2.97. The molecule has 2 aromatic heterocycles. The lowest BCUT2D eigenvalue weighted by molar-refractivity contribution is -0.121. The summed E-state index contributed by atoms with van der Waals surface area (Å²) in [5.74, 6) is 0.396. The first-order valence-corrected chi connectivity index (χ1v) is 8.04. The molecule has 0 saturated heterocycles. The fourth-order valence-electron chi connectivity index (χ4n) is 2.62. The largest absolute Gasteiger partial charge is 0.493 e. The van der Waals surface area contributed by atoms with Crippen LogP contribution >= 0.6 is 0 Å². The topological polar surface area (TPSA) is 95.6 Å². The van der Waals surface area contributed by atoms with Gasteiger partial charge in [0.1, 0.15) is 6.54 Å². The molecule has 0 unspecified atom stereocenters. The van der Waals surface area contributed by atoms with E-state index in [1.54, 1.807) is 32.5 Å². The van der Waals surface area contributed by atoms with E-state index >= 15 is 0 Å². The van der Waals surface area contributed by atoms with Crippen molar-refractivity contribution >= 4 is 17.1 Å². The normalized spacial score (nSPS) is 10.7. The quantitative estimate of drug-likeness (QED) is 0.686. The van der Waals surface area contributed by atoms with Gasteiger partial charge >= 0.3 is 5.76 Å². The van der Waals surface area contributed by atoms with Gasteiger partial charge in [-0.25, -0.2) is 14.3 Å². The van der Waals surface area contributed by atoms with E-state index in [4.69, 9.17) is 13.9 Å². The van der Waals surface area contributed by atoms with Crippen LogP contribution in [0.3, 0.4) is 0 Å². The molecule has 0 aliphatic carbocycles. The van der Waals surface area contributed by atoms with Crippen molar-refractivity contribution in [2.75, 3.05) is 20.8 Å². The number of methoxy groups -OCH3 is 2. The number of amides is 1. The molecule has 8 heteroatoms. The summed E-state index contributed by atoms with van der Waals surface area (Å²) in [6.45, 7) is 0.279. The molecule has 0 bridgehead atoms. The highest BCUT2D eigenvalue weighted by molar-refractivity contribution is 5.78. The Morgan fingerprint density at radius 1 is 1.23 bits per heavy atom. The number of hydrogen-bond acceptors (Lipinski definition) is 6. The van der Waals surface area contributed by atoms with Crippen molar-refractivity contribution in [3.63, 3.8) is 0 Å². The van der Waals surface area contributed by atoms with E-state index in [0.29, 0.717) is 35.7 Å². The Bertz CT molecular complexity index is 976. The number of nitrogens with one attached hydrogen (secondary N) is 1. The van der Waals surface area contributed by atoms with E-state index < -0.39 is 5.76 Å². The molecule has 0 aliphatic heterocycles. The molecule has 0 fully saturated rings. The summed E-state index contributed by atoms with van der Waals surface area (Å²) in [6.07, 6.45) is 2.16. The van der Waals surface area contributed by atoms with Gasteiger partial charge in [-0.1, -0.05) is 6.07 Å². The van der Waals surface area contributed by atoms with Crippen molar-refractivity contribution < 1.29 is 18.7 Å². The van der Waals surface area contributed by atoms with Gasteiger partial charge in [-0.05, 0) is 36.2 Å². The highest BCUT2D eigenvalue weighted by Crippen LogP contribution is 2.27. The second-order valence-electron chi connectivity index (χ2n) is 5.57. The summed E-state index contributed by atoms with van der Waals surface area (Å²) in [7, 11) is 3.15. The number of carbonyl (C=O) groups excluding carboxylic acids is 1. The highest BCUT2D eigenvalue weighted by Gasteiger charge is 2.13. The second kappa shape index (κ2) is 7.73. The summed E-state index contributed by atoms with van der Waals surface area (Å²) in [5, 5.41) is 2.79. The van der Waals surface area contributed by atoms with Gasteiger partial charge in [0.05, 0.1) is 14.2 Å². The maximum Gasteiger partial charge on any atom is 0.421 e. The minimum Gasteiger partial charge on any atom is -0.493 e. The molecule has 8 nitrogen and oxygen atoms in total. The zero-order valence-corrected chi connectivity index (χ0v) is 14.5. The van der Waals surface area contributed by atoms with E-state index in [0.717, 1.165) is 5.56 Å². The van der Waals surface area contributed by atoms with E-state index in [2.05, 4.69) is 10.3 Å². The SMILES string of the molecule is COc1ccc(CCNC(=O)Cn2c(=O)oc3cccnc32)cc1OC. The Balaban J connectivity index is 1.59. The molecule has 1 N–H and O–H groups in total. The van der Waals surface area contributed by atoms with Crippen molar-refractivity contribution in [3.8, 4) is 11.5 Å². The number of ether oxygens (including phenoxy) is 2. The molecule has 2 heterocycles. The fraction of sp³-hybridized carbons (Fsp3) is 0.278. The Labute approximate surface area is 149 Å². The number of pyridine rings is 1. The lowest BCUT2D eigenvalue weighted by Gasteiger charge is -2.10.